The summed E-state index contributed by atoms with van der Waals surface area (Å²) in [5.41, 5.74) is 1.36. The van der Waals surface area contributed by atoms with Crippen molar-refractivity contribution in [2.45, 2.75) is 30.6 Å². The molecule has 33 heavy (non-hydrogen) atoms. The lowest BCUT2D eigenvalue weighted by Gasteiger charge is -2.53. The average molecular weight is 462 g/mol. The maximum absolute atomic E-state index is 13.3. The number of aliphatic hydroxyl groups excluding tert-OH is 3. The first-order chi connectivity index (χ1) is 14.9. The van der Waals surface area contributed by atoms with E-state index in [4.69, 9.17) is 5.73 Å². The van der Waals surface area contributed by atoms with E-state index < -0.39 is 75.6 Å². The van der Waals surface area contributed by atoms with Gasteiger partial charge in [0.2, 0.25) is 5.78 Å². The number of rotatable bonds is 2. The van der Waals surface area contributed by atoms with Crippen LogP contribution in [-0.2, 0) is 9.59 Å². The van der Waals surface area contributed by atoms with Gasteiger partial charge in [-0.05, 0) is 31.6 Å². The number of phenols is 1. The second-order valence-electron chi connectivity index (χ2n) is 8.79. The van der Waals surface area contributed by atoms with Crippen LogP contribution in [0.1, 0.15) is 28.8 Å². The Morgan fingerprint density at radius 3 is 2.30 bits per heavy atom. The molecule has 0 saturated heterocycles. The second kappa shape index (κ2) is 7.66. The highest BCUT2D eigenvalue weighted by Gasteiger charge is 2.67. The van der Waals surface area contributed by atoms with Crippen molar-refractivity contribution in [2.75, 3.05) is 14.1 Å². The molecule has 0 saturated carbocycles. The van der Waals surface area contributed by atoms with Crippen LogP contribution in [-0.4, -0.2) is 85.2 Å². The Labute approximate surface area is 188 Å². The molecule has 1 aromatic rings. The molecule has 0 aliphatic heterocycles. The molecule has 0 heterocycles. The third-order valence-corrected chi connectivity index (χ3v) is 7.00. The van der Waals surface area contributed by atoms with E-state index in [9.17, 15) is 39.9 Å². The summed E-state index contributed by atoms with van der Waals surface area (Å²) in [6, 6.07) is 3.17. The number of phenolic OH excluding ortho intramolecular Hbond substituents is 1. The Balaban J connectivity index is 0.00000306. The average Bonchev–Trinajstić information content (AvgIpc) is 2.70. The number of hydrogen-bond donors (Lipinski definition) is 6. The van der Waals surface area contributed by atoms with Gasteiger partial charge in [0.25, 0.3) is 5.91 Å². The van der Waals surface area contributed by atoms with Gasteiger partial charge in [0.05, 0.1) is 23.6 Å². The first kappa shape index (κ1) is 24.4. The van der Waals surface area contributed by atoms with Crippen molar-refractivity contribution in [3.8, 4) is 5.75 Å². The zero-order valence-corrected chi connectivity index (χ0v) is 18.1. The van der Waals surface area contributed by atoms with Crippen LogP contribution in [0.5, 0.6) is 5.75 Å². The van der Waals surface area contributed by atoms with Crippen LogP contribution < -0.4 is 5.73 Å². The van der Waals surface area contributed by atoms with E-state index in [0.29, 0.717) is 5.56 Å². The van der Waals surface area contributed by atoms with Crippen LogP contribution in [0.25, 0.3) is 0 Å². The Morgan fingerprint density at radius 2 is 1.76 bits per heavy atom. The molecule has 6 unspecified atom stereocenters. The number of carbonyl (C=O) groups excluding carboxylic acids is 3. The summed E-state index contributed by atoms with van der Waals surface area (Å²) in [6.45, 7) is 1.68. The van der Waals surface area contributed by atoms with E-state index in [2.05, 4.69) is 0 Å². The number of ketones is 2. The number of primary amides is 1. The van der Waals surface area contributed by atoms with Gasteiger partial charge in [0, 0.05) is 11.5 Å². The number of likely N-dealkylation sites (N-methyl/N-ethyl adjacent to an activating group) is 1. The van der Waals surface area contributed by atoms with Gasteiger partial charge in [-0.25, -0.2) is 0 Å². The standard InChI is InChI=1S/C22H24N2O8.H2O/c1-7-8-5-4-6-9(25)11(8)16(26)12-10(7)17(27)14-15(24(2)3)18(28)13(21(23)31)20(30)22(14,32)19(12)29;/h4-7,10,14-15,17,25,27-29,32H,1-3H3,(H2,23,31);1H2. The van der Waals surface area contributed by atoms with Crippen molar-refractivity contribution in [2.24, 2.45) is 17.6 Å². The van der Waals surface area contributed by atoms with Gasteiger partial charge in [0.15, 0.2) is 11.4 Å². The van der Waals surface area contributed by atoms with Gasteiger partial charge < -0.3 is 36.7 Å². The van der Waals surface area contributed by atoms with Gasteiger partial charge in [-0.1, -0.05) is 19.1 Å². The van der Waals surface area contributed by atoms with Crippen molar-refractivity contribution in [1.29, 1.82) is 0 Å². The maximum Gasteiger partial charge on any atom is 0.255 e. The molecule has 9 N–H and O–H groups in total. The molecule has 1 amide bonds. The summed E-state index contributed by atoms with van der Waals surface area (Å²) in [4.78, 5) is 39.8. The van der Waals surface area contributed by atoms with Crippen molar-refractivity contribution >= 4 is 17.5 Å². The lowest BCUT2D eigenvalue weighted by atomic mass is 9.55. The Kier molecular flexibility index (Phi) is 5.66. The maximum atomic E-state index is 13.3. The lowest BCUT2D eigenvalue weighted by molar-refractivity contribution is -0.162. The molecule has 0 radical (unpaired) electrons. The van der Waals surface area contributed by atoms with Gasteiger partial charge in [-0.15, -0.1) is 0 Å². The number of fused-ring (bicyclic) bond motifs is 3. The highest BCUT2D eigenvalue weighted by Crippen LogP contribution is 2.55. The van der Waals surface area contributed by atoms with E-state index in [0.717, 1.165) is 0 Å². The molecule has 11 heteroatoms. The Morgan fingerprint density at radius 1 is 1.15 bits per heavy atom. The quantitative estimate of drug-likeness (QED) is 0.292. The SMILES string of the molecule is CC1c2cccc(O)c2C(=O)C2=C(O)C3(O)C(=O)C(C(N)=O)=C(O)C(N(C)C)C3C(O)C21.O. The van der Waals surface area contributed by atoms with Crippen LogP contribution in [0.4, 0.5) is 0 Å². The summed E-state index contributed by atoms with van der Waals surface area (Å²) >= 11 is 0. The Bertz CT molecular complexity index is 1140. The minimum absolute atomic E-state index is 0. The van der Waals surface area contributed by atoms with Crippen LogP contribution in [0, 0.1) is 11.8 Å². The summed E-state index contributed by atoms with van der Waals surface area (Å²) in [5, 5.41) is 55.0. The molecule has 178 valence electrons. The number of nitrogens with zero attached hydrogens (tertiary/aromatic N) is 1. The topological polar surface area (TPSA) is 213 Å². The van der Waals surface area contributed by atoms with Gasteiger partial charge in [-0.2, -0.15) is 0 Å². The van der Waals surface area contributed by atoms with Gasteiger partial charge >= 0.3 is 0 Å². The molecule has 3 aliphatic carbocycles. The summed E-state index contributed by atoms with van der Waals surface area (Å²) in [5.74, 6) is -8.86. The summed E-state index contributed by atoms with van der Waals surface area (Å²) in [7, 11) is 2.98. The van der Waals surface area contributed by atoms with E-state index in [1.807, 2.05) is 0 Å². The molecule has 0 aromatic heterocycles. The lowest BCUT2D eigenvalue weighted by Crippen LogP contribution is -2.68. The largest absolute Gasteiger partial charge is 0.510 e. The number of amides is 1. The number of aromatic hydroxyl groups is 1. The molecule has 3 aliphatic rings. The van der Waals surface area contributed by atoms with Crippen molar-refractivity contribution in [1.82, 2.24) is 4.90 Å². The molecule has 0 spiro atoms. The van der Waals surface area contributed by atoms with Crippen LogP contribution >= 0.6 is 0 Å². The molecule has 6 atom stereocenters. The van der Waals surface area contributed by atoms with Crippen LogP contribution in [0.15, 0.2) is 40.9 Å². The zero-order valence-electron chi connectivity index (χ0n) is 18.1. The second-order valence-corrected chi connectivity index (χ2v) is 8.79. The van der Waals surface area contributed by atoms with Crippen LogP contribution in [0.3, 0.4) is 0 Å². The van der Waals surface area contributed by atoms with Crippen molar-refractivity contribution in [3.05, 3.63) is 52.0 Å². The predicted octanol–water partition coefficient (Wildman–Crippen LogP) is -1.17. The minimum atomic E-state index is -2.89. The highest BCUT2D eigenvalue weighted by molar-refractivity contribution is 6.25. The number of aliphatic hydroxyl groups is 4. The normalized spacial score (nSPS) is 33.3. The summed E-state index contributed by atoms with van der Waals surface area (Å²) in [6.07, 6.45) is -1.59. The van der Waals surface area contributed by atoms with Crippen molar-refractivity contribution in [3.63, 3.8) is 0 Å². The predicted molar refractivity (Wildman–Crippen MR) is 113 cm³/mol. The zero-order chi connectivity index (χ0) is 23.9. The van der Waals surface area contributed by atoms with E-state index in [1.165, 1.54) is 25.1 Å². The molecular weight excluding hydrogens is 436 g/mol. The number of benzene rings is 1. The molecule has 4 rings (SSSR count). The van der Waals surface area contributed by atoms with E-state index in [-0.39, 0.29) is 16.8 Å². The van der Waals surface area contributed by atoms with Gasteiger partial charge in [-0.3, -0.25) is 19.3 Å². The Hall–Kier alpha value is -3.25. The number of carbonyl (C=O) groups is 3. The van der Waals surface area contributed by atoms with E-state index in [1.54, 1.807) is 19.1 Å². The smallest absolute Gasteiger partial charge is 0.255 e. The third kappa shape index (κ3) is 2.86. The number of nitrogens with two attached hydrogens (primary N) is 1. The fraction of sp³-hybridized carbons (Fsp3) is 0.409. The van der Waals surface area contributed by atoms with Gasteiger partial charge in [0.1, 0.15) is 22.8 Å². The minimum Gasteiger partial charge on any atom is -0.510 e. The number of hydrogen-bond acceptors (Lipinski definition) is 9. The molecule has 0 fully saturated rings. The molecule has 1 aromatic carbocycles. The summed E-state index contributed by atoms with van der Waals surface area (Å²) < 4.78 is 0. The molecule has 11 nitrogen and oxygen atoms in total. The number of Topliss-reactive ketones (excluding diaryl/α,β-unsaturated/α-hetero) is 2. The monoisotopic (exact) mass is 462 g/mol. The highest BCUT2D eigenvalue weighted by atomic mass is 16.4. The first-order valence-corrected chi connectivity index (χ1v) is 10.0. The molecular formula is C22H26N2O9. The third-order valence-electron chi connectivity index (χ3n) is 7.00. The first-order valence-electron chi connectivity index (χ1n) is 10.0. The van der Waals surface area contributed by atoms with Crippen molar-refractivity contribution < 1.29 is 45.4 Å². The fourth-order valence-corrected chi connectivity index (χ4v) is 5.58. The molecule has 0 bridgehead atoms. The fourth-order valence-electron chi connectivity index (χ4n) is 5.58. The van der Waals surface area contributed by atoms with E-state index >= 15 is 0 Å². The van der Waals surface area contributed by atoms with Crippen LogP contribution in [0.2, 0.25) is 0 Å².